The van der Waals surface area contributed by atoms with Crippen LogP contribution in [-0.4, -0.2) is 38.2 Å². The average molecular weight is 342 g/mol. The number of aromatic nitrogens is 4. The first-order valence-electron chi connectivity index (χ1n) is 7.25. The zero-order valence-electron chi connectivity index (χ0n) is 13.1. The van der Waals surface area contributed by atoms with Crippen molar-refractivity contribution in [3.63, 3.8) is 0 Å². The van der Waals surface area contributed by atoms with Gasteiger partial charge in [-0.25, -0.2) is 9.48 Å². The molecule has 0 aliphatic rings. The summed E-state index contributed by atoms with van der Waals surface area (Å²) < 4.78 is 10.2. The fourth-order valence-corrected chi connectivity index (χ4v) is 2.76. The van der Waals surface area contributed by atoms with Gasteiger partial charge in [0.15, 0.2) is 11.3 Å². The summed E-state index contributed by atoms with van der Waals surface area (Å²) in [4.78, 5) is 23.3. The van der Waals surface area contributed by atoms with Gasteiger partial charge in [-0.3, -0.25) is 4.79 Å². The van der Waals surface area contributed by atoms with E-state index in [9.17, 15) is 9.59 Å². The second-order valence-electron chi connectivity index (χ2n) is 5.01. The molecular weight excluding hydrogens is 328 g/mol. The van der Waals surface area contributed by atoms with Crippen molar-refractivity contribution in [1.82, 2.24) is 19.4 Å². The molecule has 0 saturated heterocycles. The summed E-state index contributed by atoms with van der Waals surface area (Å²) in [6, 6.07) is 7.68. The van der Waals surface area contributed by atoms with Crippen LogP contribution in [0.25, 0.3) is 16.3 Å². The van der Waals surface area contributed by atoms with Crippen molar-refractivity contribution in [2.24, 2.45) is 0 Å². The van der Waals surface area contributed by atoms with Gasteiger partial charge in [-0.2, -0.15) is 5.10 Å². The monoisotopic (exact) mass is 342 g/mol. The first-order valence-corrected chi connectivity index (χ1v) is 8.03. The minimum absolute atomic E-state index is 0.0808. The lowest BCUT2D eigenvalue weighted by Gasteiger charge is -2.01. The molecule has 2 aromatic heterocycles. The third kappa shape index (κ3) is 2.95. The summed E-state index contributed by atoms with van der Waals surface area (Å²) in [6.45, 7) is 3.94. The van der Waals surface area contributed by atoms with Crippen molar-refractivity contribution >= 4 is 23.8 Å². The van der Waals surface area contributed by atoms with E-state index >= 15 is 0 Å². The van der Waals surface area contributed by atoms with Crippen LogP contribution < -0.4 is 0 Å². The van der Waals surface area contributed by atoms with Gasteiger partial charge < -0.3 is 4.74 Å². The summed E-state index contributed by atoms with van der Waals surface area (Å²) >= 11 is 1.01. The predicted molar refractivity (Wildman–Crippen MR) is 88.5 cm³/mol. The van der Waals surface area contributed by atoms with Gasteiger partial charge in [-0.1, -0.05) is 34.3 Å². The van der Waals surface area contributed by atoms with Crippen LogP contribution in [0.4, 0.5) is 0 Å². The number of carbonyl (C=O) groups is 2. The lowest BCUT2D eigenvalue weighted by Crippen LogP contribution is -2.09. The van der Waals surface area contributed by atoms with E-state index in [2.05, 4.69) is 14.7 Å². The van der Waals surface area contributed by atoms with E-state index in [0.717, 1.165) is 28.9 Å². The molecule has 0 aliphatic carbocycles. The largest absolute Gasteiger partial charge is 0.461 e. The molecule has 0 N–H and O–H groups in total. The Morgan fingerprint density at radius 1 is 1.33 bits per heavy atom. The Bertz CT molecular complexity index is 883. The highest BCUT2D eigenvalue weighted by molar-refractivity contribution is 7.08. The Morgan fingerprint density at radius 2 is 2.08 bits per heavy atom. The van der Waals surface area contributed by atoms with Crippen LogP contribution in [0.5, 0.6) is 0 Å². The zero-order valence-corrected chi connectivity index (χ0v) is 13.9. The second kappa shape index (κ2) is 6.71. The zero-order chi connectivity index (χ0) is 17.1. The molecular formula is C16H14N4O3S. The Kier molecular flexibility index (Phi) is 4.48. The summed E-state index contributed by atoms with van der Waals surface area (Å²) in [5.74, 6) is -0.568. The van der Waals surface area contributed by atoms with Gasteiger partial charge in [-0.15, -0.1) is 5.10 Å². The molecule has 0 bridgehead atoms. The maximum absolute atomic E-state index is 11.9. The number of benzene rings is 1. The SMILES string of the molecule is CCOC(=O)c1nnsc1-n1cc(C=O)c(-c2ccc(C)cc2)n1. The van der Waals surface area contributed by atoms with Crippen LogP contribution in [0.3, 0.4) is 0 Å². The van der Waals surface area contributed by atoms with E-state index in [1.54, 1.807) is 13.1 Å². The van der Waals surface area contributed by atoms with Crippen molar-refractivity contribution in [2.45, 2.75) is 13.8 Å². The van der Waals surface area contributed by atoms with Crippen LogP contribution in [0.2, 0.25) is 0 Å². The molecule has 0 unspecified atom stereocenters. The fourth-order valence-electron chi connectivity index (χ4n) is 2.18. The minimum Gasteiger partial charge on any atom is -0.461 e. The molecule has 3 aromatic rings. The van der Waals surface area contributed by atoms with Gasteiger partial charge in [0.1, 0.15) is 5.69 Å². The van der Waals surface area contributed by atoms with Crippen molar-refractivity contribution in [3.05, 3.63) is 47.3 Å². The molecule has 0 aliphatic heterocycles. The van der Waals surface area contributed by atoms with Gasteiger partial charge in [0.25, 0.3) is 0 Å². The van der Waals surface area contributed by atoms with E-state index in [0.29, 0.717) is 16.3 Å². The van der Waals surface area contributed by atoms with Gasteiger partial charge in [-0.05, 0) is 13.8 Å². The molecule has 0 atom stereocenters. The molecule has 0 fully saturated rings. The number of ether oxygens (including phenoxy) is 1. The van der Waals surface area contributed by atoms with Crippen molar-refractivity contribution in [3.8, 4) is 16.3 Å². The van der Waals surface area contributed by atoms with E-state index in [-0.39, 0.29) is 12.3 Å². The molecule has 8 heteroatoms. The molecule has 2 heterocycles. The number of hydrogen-bond donors (Lipinski definition) is 0. The first kappa shape index (κ1) is 16.0. The highest BCUT2D eigenvalue weighted by atomic mass is 32.1. The quantitative estimate of drug-likeness (QED) is 0.523. The van der Waals surface area contributed by atoms with Crippen LogP contribution in [0.15, 0.2) is 30.5 Å². The first-order chi connectivity index (χ1) is 11.6. The number of hydrogen-bond acceptors (Lipinski definition) is 7. The fraction of sp³-hybridized carbons (Fsp3) is 0.188. The Labute approximate surface area is 142 Å². The van der Waals surface area contributed by atoms with Crippen molar-refractivity contribution in [2.75, 3.05) is 6.61 Å². The number of nitrogens with zero attached hydrogens (tertiary/aromatic N) is 4. The number of rotatable bonds is 5. The molecule has 7 nitrogen and oxygen atoms in total. The van der Waals surface area contributed by atoms with Crippen LogP contribution >= 0.6 is 11.5 Å². The number of esters is 1. The maximum Gasteiger partial charge on any atom is 0.362 e. The molecule has 3 rings (SSSR count). The summed E-state index contributed by atoms with van der Waals surface area (Å²) in [7, 11) is 0. The van der Waals surface area contributed by atoms with Gasteiger partial charge in [0.2, 0.25) is 5.69 Å². The molecule has 24 heavy (non-hydrogen) atoms. The van der Waals surface area contributed by atoms with Crippen molar-refractivity contribution in [1.29, 1.82) is 0 Å². The average Bonchev–Trinajstić information content (AvgIpc) is 3.22. The normalized spacial score (nSPS) is 10.6. The second-order valence-corrected chi connectivity index (χ2v) is 5.74. The highest BCUT2D eigenvalue weighted by Crippen LogP contribution is 2.25. The number of carbonyl (C=O) groups excluding carboxylic acids is 2. The molecule has 0 spiro atoms. The lowest BCUT2D eigenvalue weighted by atomic mass is 10.1. The Balaban J connectivity index is 2.05. The van der Waals surface area contributed by atoms with Gasteiger partial charge in [0, 0.05) is 23.3 Å². The standard InChI is InChI=1S/C16H14N4O3S/c1-3-23-16(22)14-15(24-19-17-14)20-8-12(9-21)13(18-20)11-6-4-10(2)5-7-11/h4-9H,3H2,1-2H3. The molecule has 0 radical (unpaired) electrons. The topological polar surface area (TPSA) is 87.0 Å². The van der Waals surface area contributed by atoms with E-state index < -0.39 is 5.97 Å². The molecule has 0 saturated carbocycles. The Hall–Kier alpha value is -2.87. The van der Waals surface area contributed by atoms with Crippen LogP contribution in [-0.2, 0) is 4.74 Å². The highest BCUT2D eigenvalue weighted by Gasteiger charge is 2.21. The molecule has 0 amide bonds. The molecule has 1 aromatic carbocycles. The third-order valence-electron chi connectivity index (χ3n) is 3.34. The van der Waals surface area contributed by atoms with E-state index in [1.807, 2.05) is 31.2 Å². The summed E-state index contributed by atoms with van der Waals surface area (Å²) in [5, 5.41) is 8.65. The maximum atomic E-state index is 11.9. The van der Waals surface area contributed by atoms with Crippen molar-refractivity contribution < 1.29 is 14.3 Å². The van der Waals surface area contributed by atoms with Gasteiger partial charge >= 0.3 is 5.97 Å². The number of aryl methyl sites for hydroxylation is 1. The predicted octanol–water partition coefficient (Wildman–Crippen LogP) is 2.69. The van der Waals surface area contributed by atoms with Crippen LogP contribution in [0, 0.1) is 6.92 Å². The molecule has 122 valence electrons. The van der Waals surface area contributed by atoms with Crippen LogP contribution in [0.1, 0.15) is 33.3 Å². The van der Waals surface area contributed by atoms with E-state index in [1.165, 1.54) is 4.68 Å². The lowest BCUT2D eigenvalue weighted by molar-refractivity contribution is 0.0519. The Morgan fingerprint density at radius 3 is 2.75 bits per heavy atom. The number of aldehydes is 1. The summed E-state index contributed by atoms with van der Waals surface area (Å²) in [5.41, 5.74) is 2.96. The van der Waals surface area contributed by atoms with Gasteiger partial charge in [0.05, 0.1) is 12.2 Å². The smallest absolute Gasteiger partial charge is 0.362 e. The summed E-state index contributed by atoms with van der Waals surface area (Å²) in [6.07, 6.45) is 2.29. The minimum atomic E-state index is -0.568. The third-order valence-corrected chi connectivity index (χ3v) is 4.06. The van der Waals surface area contributed by atoms with E-state index in [4.69, 9.17) is 4.74 Å².